The van der Waals surface area contributed by atoms with Gasteiger partial charge in [0.2, 0.25) is 0 Å². The fourth-order valence-electron chi connectivity index (χ4n) is 2.27. The van der Waals surface area contributed by atoms with E-state index in [1.54, 1.807) is 0 Å². The molecule has 6 nitrogen and oxygen atoms in total. The highest BCUT2D eigenvalue weighted by Crippen LogP contribution is 2.17. The molecule has 2 heterocycles. The first-order valence-corrected chi connectivity index (χ1v) is 7.38. The molecule has 0 aromatic carbocycles. The van der Waals surface area contributed by atoms with Gasteiger partial charge in [-0.25, -0.2) is 0 Å². The predicted molar refractivity (Wildman–Crippen MR) is 71.6 cm³/mol. The van der Waals surface area contributed by atoms with E-state index in [0.717, 1.165) is 38.5 Å². The highest BCUT2D eigenvalue weighted by atomic mass is 16.7. The molecule has 114 valence electrons. The summed E-state index contributed by atoms with van der Waals surface area (Å²) >= 11 is 0. The minimum absolute atomic E-state index is 0.112. The molecule has 20 heavy (non-hydrogen) atoms. The lowest BCUT2D eigenvalue weighted by atomic mass is 10.1. The van der Waals surface area contributed by atoms with Crippen molar-refractivity contribution in [3.05, 3.63) is 0 Å². The van der Waals surface area contributed by atoms with Crippen LogP contribution in [0.4, 0.5) is 0 Å². The van der Waals surface area contributed by atoms with Gasteiger partial charge in [0, 0.05) is 13.2 Å². The number of ether oxygens (including phenoxy) is 4. The molecule has 0 aromatic rings. The van der Waals surface area contributed by atoms with Crippen LogP contribution in [-0.4, -0.2) is 44.5 Å². The van der Waals surface area contributed by atoms with Gasteiger partial charge in [0.15, 0.2) is 18.1 Å². The number of hydrogen-bond donors (Lipinski definition) is 1. The van der Waals surface area contributed by atoms with Gasteiger partial charge in [-0.1, -0.05) is 0 Å². The Bertz CT molecular complexity index is 298. The van der Waals surface area contributed by atoms with Crippen LogP contribution in [0.25, 0.3) is 0 Å². The second kappa shape index (κ2) is 7.91. The molecule has 2 aliphatic rings. The Morgan fingerprint density at radius 1 is 1.00 bits per heavy atom. The first-order valence-electron chi connectivity index (χ1n) is 7.38. The van der Waals surface area contributed by atoms with E-state index >= 15 is 0 Å². The summed E-state index contributed by atoms with van der Waals surface area (Å²) < 4.78 is 22.1. The Morgan fingerprint density at radius 2 is 1.50 bits per heavy atom. The maximum atomic E-state index is 9.23. The highest BCUT2D eigenvalue weighted by Gasteiger charge is 2.30. The fourth-order valence-corrected chi connectivity index (χ4v) is 2.27. The number of nitriles is 1. The summed E-state index contributed by atoms with van der Waals surface area (Å²) in [6.07, 6.45) is 5.52. The summed E-state index contributed by atoms with van der Waals surface area (Å²) in [5.41, 5.74) is 4.86. The van der Waals surface area contributed by atoms with Crippen LogP contribution < -0.4 is 5.73 Å². The molecule has 2 aliphatic heterocycles. The van der Waals surface area contributed by atoms with E-state index in [1.165, 1.54) is 0 Å². The third kappa shape index (κ3) is 5.00. The van der Waals surface area contributed by atoms with Crippen molar-refractivity contribution in [3.8, 4) is 6.07 Å². The molecule has 2 saturated heterocycles. The first kappa shape index (κ1) is 15.7. The molecule has 2 unspecified atom stereocenters. The van der Waals surface area contributed by atoms with E-state index in [9.17, 15) is 5.26 Å². The molecule has 6 heteroatoms. The molecule has 0 aliphatic carbocycles. The van der Waals surface area contributed by atoms with Crippen LogP contribution in [0.2, 0.25) is 0 Å². The zero-order valence-electron chi connectivity index (χ0n) is 11.9. The average molecular weight is 284 g/mol. The molecule has 0 bridgehead atoms. The third-order valence-electron chi connectivity index (χ3n) is 3.55. The van der Waals surface area contributed by atoms with Gasteiger partial charge in [-0.05, 0) is 38.5 Å². The summed E-state index contributed by atoms with van der Waals surface area (Å²) in [5, 5.41) is 9.23. The SMILES string of the molecule is N#CC(N)(COC1CCCCO1)COC1CCCCO1. The van der Waals surface area contributed by atoms with Gasteiger partial charge in [-0.2, -0.15) is 5.26 Å². The van der Waals surface area contributed by atoms with Crippen molar-refractivity contribution in [2.45, 2.75) is 56.6 Å². The smallest absolute Gasteiger partial charge is 0.157 e. The molecule has 0 spiro atoms. The predicted octanol–water partition coefficient (Wildman–Crippen LogP) is 1.29. The van der Waals surface area contributed by atoms with Crippen molar-refractivity contribution in [2.24, 2.45) is 5.73 Å². The second-order valence-corrected chi connectivity index (χ2v) is 5.48. The summed E-state index contributed by atoms with van der Waals surface area (Å²) in [6.45, 7) is 1.64. The van der Waals surface area contributed by atoms with E-state index < -0.39 is 5.54 Å². The van der Waals surface area contributed by atoms with Crippen LogP contribution in [0, 0.1) is 11.3 Å². The van der Waals surface area contributed by atoms with Crippen LogP contribution in [0.3, 0.4) is 0 Å². The summed E-state index contributed by atoms with van der Waals surface area (Å²) in [5.74, 6) is 0. The second-order valence-electron chi connectivity index (χ2n) is 5.48. The Kier molecular flexibility index (Phi) is 6.20. The monoisotopic (exact) mass is 284 g/mol. The quantitative estimate of drug-likeness (QED) is 0.791. The normalized spacial score (nSPS) is 30.4. The van der Waals surface area contributed by atoms with Crippen LogP contribution in [-0.2, 0) is 18.9 Å². The number of nitrogens with two attached hydrogens (primary N) is 1. The van der Waals surface area contributed by atoms with Crippen LogP contribution in [0.1, 0.15) is 38.5 Å². The van der Waals surface area contributed by atoms with E-state index in [2.05, 4.69) is 6.07 Å². The van der Waals surface area contributed by atoms with Crippen molar-refractivity contribution < 1.29 is 18.9 Å². The minimum atomic E-state index is -1.15. The zero-order valence-corrected chi connectivity index (χ0v) is 11.9. The van der Waals surface area contributed by atoms with E-state index in [0.29, 0.717) is 13.2 Å². The van der Waals surface area contributed by atoms with Gasteiger partial charge in [-0.3, -0.25) is 0 Å². The molecule has 2 N–H and O–H groups in total. The lowest BCUT2D eigenvalue weighted by Gasteiger charge is -2.29. The molecular formula is C14H24N2O4. The highest BCUT2D eigenvalue weighted by molar-refractivity contribution is 5.05. The average Bonchev–Trinajstić information content (AvgIpc) is 2.53. The first-order chi connectivity index (χ1) is 9.72. The van der Waals surface area contributed by atoms with Crippen LogP contribution >= 0.6 is 0 Å². The molecule has 0 amide bonds. The van der Waals surface area contributed by atoms with Crippen molar-refractivity contribution in [3.63, 3.8) is 0 Å². The Balaban J connectivity index is 1.71. The zero-order chi connectivity index (χ0) is 14.3. The van der Waals surface area contributed by atoms with Crippen molar-refractivity contribution in [1.29, 1.82) is 5.26 Å². The Hall–Kier alpha value is -0.710. The van der Waals surface area contributed by atoms with Gasteiger partial charge in [-0.15, -0.1) is 0 Å². The standard InChI is InChI=1S/C14H24N2O4/c15-9-14(16,10-19-12-5-1-3-7-17-12)11-20-13-6-2-4-8-18-13/h12-13H,1-8,10-11,16H2. The molecular weight excluding hydrogens is 260 g/mol. The lowest BCUT2D eigenvalue weighted by molar-refractivity contribution is -0.189. The maximum Gasteiger partial charge on any atom is 0.157 e. The van der Waals surface area contributed by atoms with E-state index in [4.69, 9.17) is 24.7 Å². The molecule has 2 atom stereocenters. The molecule has 2 rings (SSSR count). The van der Waals surface area contributed by atoms with Crippen LogP contribution in [0.5, 0.6) is 0 Å². The summed E-state index contributed by atoms with van der Waals surface area (Å²) in [6, 6.07) is 2.07. The largest absolute Gasteiger partial charge is 0.353 e. The van der Waals surface area contributed by atoms with Gasteiger partial charge < -0.3 is 24.7 Å². The molecule has 0 radical (unpaired) electrons. The van der Waals surface area contributed by atoms with Gasteiger partial charge >= 0.3 is 0 Å². The van der Waals surface area contributed by atoms with E-state index in [-0.39, 0.29) is 25.8 Å². The summed E-state index contributed by atoms with van der Waals surface area (Å²) in [7, 11) is 0. The van der Waals surface area contributed by atoms with Crippen molar-refractivity contribution >= 4 is 0 Å². The van der Waals surface area contributed by atoms with E-state index in [1.807, 2.05) is 0 Å². The molecule has 0 saturated carbocycles. The lowest BCUT2D eigenvalue weighted by Crippen LogP contribution is -2.49. The summed E-state index contributed by atoms with van der Waals surface area (Å²) in [4.78, 5) is 0. The topological polar surface area (TPSA) is 86.7 Å². The Morgan fingerprint density at radius 3 is 1.85 bits per heavy atom. The number of hydrogen-bond acceptors (Lipinski definition) is 6. The van der Waals surface area contributed by atoms with Gasteiger partial charge in [0.05, 0.1) is 19.3 Å². The number of nitrogens with zero attached hydrogens (tertiary/aromatic N) is 1. The van der Waals surface area contributed by atoms with Gasteiger partial charge in [0.25, 0.3) is 0 Å². The number of rotatable bonds is 6. The van der Waals surface area contributed by atoms with Gasteiger partial charge in [0.1, 0.15) is 0 Å². The molecule has 2 fully saturated rings. The Labute approximate surface area is 120 Å². The third-order valence-corrected chi connectivity index (χ3v) is 3.55. The minimum Gasteiger partial charge on any atom is -0.353 e. The van der Waals surface area contributed by atoms with Crippen LogP contribution in [0.15, 0.2) is 0 Å². The van der Waals surface area contributed by atoms with Crippen molar-refractivity contribution in [2.75, 3.05) is 26.4 Å². The maximum absolute atomic E-state index is 9.23. The fraction of sp³-hybridized carbons (Fsp3) is 0.929. The molecule has 0 aromatic heterocycles. The van der Waals surface area contributed by atoms with Crippen molar-refractivity contribution in [1.82, 2.24) is 0 Å².